The number of H-pyrrole nitrogens is 1. The van der Waals surface area contributed by atoms with Crippen LogP contribution in [-0.2, 0) is 12.1 Å². The molecular weight excluding hydrogens is 428 g/mol. The van der Waals surface area contributed by atoms with Crippen molar-refractivity contribution in [1.29, 1.82) is 0 Å². The molecule has 0 aliphatic heterocycles. The fourth-order valence-corrected chi connectivity index (χ4v) is 2.84. The zero-order chi connectivity index (χ0) is 23.4. The van der Waals surface area contributed by atoms with Crippen LogP contribution in [0.25, 0.3) is 0 Å². The van der Waals surface area contributed by atoms with Gasteiger partial charge in [-0.15, -0.1) is 5.10 Å². The van der Waals surface area contributed by atoms with Crippen LogP contribution in [-0.4, -0.2) is 41.9 Å². The first-order valence-electron chi connectivity index (χ1n) is 9.26. The van der Waals surface area contributed by atoms with E-state index in [9.17, 15) is 13.9 Å². The lowest BCUT2D eigenvalue weighted by molar-refractivity contribution is -0.155. The summed E-state index contributed by atoms with van der Waals surface area (Å²) in [6.07, 6.45) is 5.45. The molecule has 2 heterocycles. The first-order valence-corrected chi connectivity index (χ1v) is 9.26. The molecule has 2 aromatic heterocycles. The highest BCUT2D eigenvalue weighted by Crippen LogP contribution is 2.41. The third kappa shape index (κ3) is 4.76. The van der Waals surface area contributed by atoms with Gasteiger partial charge in [-0.25, -0.2) is 13.5 Å². The average Bonchev–Trinajstić information content (AvgIpc) is 3.44. The number of allylic oxidation sites excluding steroid dienone is 1. The lowest BCUT2D eigenvalue weighted by Crippen LogP contribution is -2.53. The summed E-state index contributed by atoms with van der Waals surface area (Å²) in [6.45, 7) is 1.63. The van der Waals surface area contributed by atoms with Gasteiger partial charge in [-0.1, -0.05) is 11.8 Å². The van der Waals surface area contributed by atoms with E-state index in [1.165, 1.54) is 0 Å². The van der Waals surface area contributed by atoms with Gasteiger partial charge >= 0.3 is 5.92 Å². The van der Waals surface area contributed by atoms with E-state index < -0.39 is 41.0 Å². The number of hydrogen-bond donors (Lipinski definition) is 2. The highest BCUT2D eigenvalue weighted by molar-refractivity contribution is 5.91. The third-order valence-electron chi connectivity index (χ3n) is 4.59. The Bertz CT molecular complexity index is 1190. The van der Waals surface area contributed by atoms with E-state index in [1.807, 2.05) is 0 Å². The molecular formula is C21H18F4N6O. The maximum atomic E-state index is 15.5. The molecule has 0 radical (unpaired) electrons. The number of aliphatic hydroxyl groups is 1. The molecule has 0 aliphatic carbocycles. The number of hydrogen-bond acceptors (Lipinski definition) is 5. The maximum Gasteiger partial charge on any atom is 0.319 e. The number of tetrazole rings is 1. The van der Waals surface area contributed by atoms with Crippen molar-refractivity contribution in [2.45, 2.75) is 31.9 Å². The molecule has 11 heteroatoms. The number of nitrogens with one attached hydrogen (secondary N) is 1. The number of benzene rings is 1. The van der Waals surface area contributed by atoms with Crippen LogP contribution in [0.3, 0.4) is 0 Å². The molecule has 1 unspecified atom stereocenters. The zero-order valence-electron chi connectivity index (χ0n) is 17.0. The van der Waals surface area contributed by atoms with E-state index in [4.69, 9.17) is 0 Å². The van der Waals surface area contributed by atoms with Crippen molar-refractivity contribution < 1.29 is 22.7 Å². The topological polar surface area (TPSA) is 92.0 Å². The molecule has 1 aromatic carbocycles. The molecule has 0 fully saturated rings. The summed E-state index contributed by atoms with van der Waals surface area (Å²) >= 11 is 0. The van der Waals surface area contributed by atoms with Crippen LogP contribution in [0.2, 0.25) is 0 Å². The summed E-state index contributed by atoms with van der Waals surface area (Å²) in [5.41, 5.74) is -3.75. The Labute approximate surface area is 180 Å². The van der Waals surface area contributed by atoms with Gasteiger partial charge in [0, 0.05) is 41.4 Å². The Morgan fingerprint density at radius 2 is 2.06 bits per heavy atom. The molecule has 3 rings (SSSR count). The molecule has 0 saturated heterocycles. The van der Waals surface area contributed by atoms with Gasteiger partial charge in [0.05, 0.1) is 12.3 Å². The standard InChI is InChI=1S/C21H18F4N6O/c1-14(3-4-16-7-8-26-11-16)10-27-15(2)21(24,25)20(32,12-31-13-28-29-30-31)18-6-5-17(22)9-19(18)23/h5-11,13,26,32H,12H2,1-2H3/b14-10+,27-15?. The predicted octanol–water partition coefficient (Wildman–Crippen LogP) is 3.22. The van der Waals surface area contributed by atoms with Gasteiger partial charge < -0.3 is 10.1 Å². The van der Waals surface area contributed by atoms with E-state index in [0.717, 1.165) is 36.3 Å². The minimum atomic E-state index is -4.09. The minimum absolute atomic E-state index is 0.373. The molecule has 0 saturated carbocycles. The normalized spacial score (nSPS) is 14.6. The van der Waals surface area contributed by atoms with Crippen LogP contribution < -0.4 is 0 Å². The second kappa shape index (κ2) is 9.15. The fourth-order valence-electron chi connectivity index (χ4n) is 2.84. The number of aromatic amines is 1. The number of aromatic nitrogens is 5. The van der Waals surface area contributed by atoms with E-state index in [0.29, 0.717) is 17.2 Å². The monoisotopic (exact) mass is 446 g/mol. The number of aliphatic imine (C=N–C) groups is 1. The molecule has 1 atom stereocenters. The van der Waals surface area contributed by atoms with Crippen molar-refractivity contribution in [3.05, 3.63) is 77.5 Å². The van der Waals surface area contributed by atoms with Gasteiger partial charge in [0.1, 0.15) is 18.0 Å². The van der Waals surface area contributed by atoms with Gasteiger partial charge in [0.25, 0.3) is 0 Å². The van der Waals surface area contributed by atoms with Gasteiger partial charge in [-0.3, -0.25) is 4.99 Å². The van der Waals surface area contributed by atoms with Crippen molar-refractivity contribution in [3.8, 4) is 11.8 Å². The molecule has 2 N–H and O–H groups in total. The van der Waals surface area contributed by atoms with E-state index in [2.05, 4.69) is 37.3 Å². The smallest absolute Gasteiger partial charge is 0.319 e. The summed E-state index contributed by atoms with van der Waals surface area (Å²) in [6, 6.07) is 3.66. The van der Waals surface area contributed by atoms with E-state index in [1.54, 1.807) is 25.4 Å². The van der Waals surface area contributed by atoms with E-state index in [-0.39, 0.29) is 0 Å². The highest BCUT2D eigenvalue weighted by Gasteiger charge is 2.57. The van der Waals surface area contributed by atoms with Crippen LogP contribution in [0, 0.1) is 23.5 Å². The summed E-state index contributed by atoms with van der Waals surface area (Å²) in [4.78, 5) is 6.58. The van der Waals surface area contributed by atoms with Crippen molar-refractivity contribution in [1.82, 2.24) is 25.2 Å². The van der Waals surface area contributed by atoms with Crippen LogP contribution >= 0.6 is 0 Å². The quantitative estimate of drug-likeness (QED) is 0.346. The summed E-state index contributed by atoms with van der Waals surface area (Å²) < 4.78 is 59.6. The highest BCUT2D eigenvalue weighted by atomic mass is 19.3. The predicted molar refractivity (Wildman–Crippen MR) is 108 cm³/mol. The number of halogens is 4. The first kappa shape index (κ1) is 22.9. The summed E-state index contributed by atoms with van der Waals surface area (Å²) in [7, 11) is 0. The number of nitrogens with zero attached hydrogens (tertiary/aromatic N) is 5. The van der Waals surface area contributed by atoms with Crippen molar-refractivity contribution in [2.24, 2.45) is 4.99 Å². The second-order valence-electron chi connectivity index (χ2n) is 6.94. The number of alkyl halides is 2. The largest absolute Gasteiger partial charge is 0.377 e. The first-order chi connectivity index (χ1) is 15.1. The van der Waals surface area contributed by atoms with Gasteiger partial charge in [0.2, 0.25) is 0 Å². The Kier molecular flexibility index (Phi) is 6.55. The molecule has 0 aliphatic rings. The minimum Gasteiger partial charge on any atom is -0.377 e. The molecule has 0 amide bonds. The molecule has 166 valence electrons. The second-order valence-corrected chi connectivity index (χ2v) is 6.94. The summed E-state index contributed by atoms with van der Waals surface area (Å²) in [5.74, 6) is -0.849. The van der Waals surface area contributed by atoms with Crippen LogP contribution in [0.4, 0.5) is 17.6 Å². The Balaban J connectivity index is 2.00. The van der Waals surface area contributed by atoms with Crippen LogP contribution in [0.15, 0.2) is 59.8 Å². The lowest BCUT2D eigenvalue weighted by Gasteiger charge is -2.36. The fraction of sp³-hybridized carbons (Fsp3) is 0.238. The van der Waals surface area contributed by atoms with Crippen LogP contribution in [0.1, 0.15) is 25.0 Å². The van der Waals surface area contributed by atoms with Crippen LogP contribution in [0.5, 0.6) is 0 Å². The Morgan fingerprint density at radius 3 is 2.69 bits per heavy atom. The maximum absolute atomic E-state index is 15.5. The lowest BCUT2D eigenvalue weighted by atomic mass is 9.84. The molecule has 32 heavy (non-hydrogen) atoms. The van der Waals surface area contributed by atoms with E-state index >= 15 is 8.78 Å². The average molecular weight is 446 g/mol. The number of rotatable bonds is 6. The Morgan fingerprint density at radius 1 is 1.28 bits per heavy atom. The van der Waals surface area contributed by atoms with Crippen molar-refractivity contribution in [2.75, 3.05) is 0 Å². The van der Waals surface area contributed by atoms with Gasteiger partial charge in [-0.05, 0) is 42.5 Å². The van der Waals surface area contributed by atoms with Crippen molar-refractivity contribution in [3.63, 3.8) is 0 Å². The molecule has 0 bridgehead atoms. The summed E-state index contributed by atoms with van der Waals surface area (Å²) in [5, 5.41) is 21.2. The Hall–Kier alpha value is -3.78. The SMILES string of the molecule is CC(=N/C=C(\C)C#Cc1cc[nH]c1)C(F)(F)C(O)(Cn1cnnn1)c1ccc(F)cc1F. The van der Waals surface area contributed by atoms with Crippen molar-refractivity contribution >= 4 is 5.71 Å². The molecule has 7 nitrogen and oxygen atoms in total. The van der Waals surface area contributed by atoms with Gasteiger partial charge in [0.15, 0.2) is 5.60 Å². The molecule has 0 spiro atoms. The third-order valence-corrected chi connectivity index (χ3v) is 4.59. The zero-order valence-corrected chi connectivity index (χ0v) is 17.0. The van der Waals surface area contributed by atoms with Gasteiger partial charge in [-0.2, -0.15) is 8.78 Å². The molecule has 3 aromatic rings.